The normalized spacial score (nSPS) is 23.5. The zero-order chi connectivity index (χ0) is 19.1. The summed E-state index contributed by atoms with van der Waals surface area (Å²) in [5.41, 5.74) is 1.04. The molecule has 0 spiro atoms. The lowest BCUT2D eigenvalue weighted by Gasteiger charge is -2.39. The molecule has 3 aliphatic heterocycles. The van der Waals surface area contributed by atoms with E-state index in [0.29, 0.717) is 24.3 Å². The Hall–Kier alpha value is -2.31. The Balaban J connectivity index is 0.00000205. The summed E-state index contributed by atoms with van der Waals surface area (Å²) >= 11 is 0. The third-order valence-corrected chi connectivity index (χ3v) is 5.89. The molecule has 2 atom stereocenters. The van der Waals surface area contributed by atoms with Crippen LogP contribution in [0.25, 0.3) is 0 Å². The molecule has 7 heteroatoms. The van der Waals surface area contributed by atoms with Crippen LogP contribution in [-0.4, -0.2) is 54.1 Å². The van der Waals surface area contributed by atoms with Crippen LogP contribution in [0.2, 0.25) is 0 Å². The van der Waals surface area contributed by atoms with Gasteiger partial charge in [-0.25, -0.2) is 4.39 Å². The molecule has 154 valence electrons. The maximum Gasteiger partial charge on any atom is 0.254 e. The van der Waals surface area contributed by atoms with Gasteiger partial charge in [0.2, 0.25) is 0 Å². The van der Waals surface area contributed by atoms with Gasteiger partial charge >= 0.3 is 0 Å². The van der Waals surface area contributed by atoms with Crippen molar-refractivity contribution in [1.82, 2.24) is 9.80 Å². The van der Waals surface area contributed by atoms with Gasteiger partial charge in [-0.15, -0.1) is 12.4 Å². The fraction of sp³-hybridized carbons (Fsp3) is 0.409. The van der Waals surface area contributed by atoms with Crippen LogP contribution in [0.3, 0.4) is 0 Å². The average molecular weight is 419 g/mol. The van der Waals surface area contributed by atoms with E-state index in [4.69, 9.17) is 9.47 Å². The smallest absolute Gasteiger partial charge is 0.254 e. The molecule has 0 N–H and O–H groups in total. The molecule has 2 unspecified atom stereocenters. The molecule has 2 aromatic carbocycles. The highest BCUT2D eigenvalue weighted by molar-refractivity contribution is 5.98. The van der Waals surface area contributed by atoms with Gasteiger partial charge in [-0.1, -0.05) is 18.2 Å². The molecule has 1 amide bonds. The summed E-state index contributed by atoms with van der Waals surface area (Å²) in [6, 6.07) is 12.6. The monoisotopic (exact) mass is 418 g/mol. The Bertz CT molecular complexity index is 909. The minimum atomic E-state index is -0.285. The van der Waals surface area contributed by atoms with Crippen LogP contribution in [0.5, 0.6) is 11.5 Å². The van der Waals surface area contributed by atoms with Crippen molar-refractivity contribution in [2.24, 2.45) is 0 Å². The van der Waals surface area contributed by atoms with E-state index in [2.05, 4.69) is 4.90 Å². The molecular formula is C22H24ClFN2O3. The lowest BCUT2D eigenvalue weighted by molar-refractivity contribution is 0.0306. The lowest BCUT2D eigenvalue weighted by atomic mass is 10.0. The van der Waals surface area contributed by atoms with Crippen LogP contribution in [0.15, 0.2) is 42.5 Å². The summed E-state index contributed by atoms with van der Waals surface area (Å²) in [6.45, 7) is 3.41. The fourth-order valence-corrected chi connectivity index (χ4v) is 4.50. The Morgan fingerprint density at radius 1 is 1.10 bits per heavy atom. The van der Waals surface area contributed by atoms with Gasteiger partial charge in [-0.2, -0.15) is 0 Å². The number of carbonyl (C=O) groups excluding carboxylic acids is 1. The van der Waals surface area contributed by atoms with Gasteiger partial charge in [0.1, 0.15) is 18.5 Å². The summed E-state index contributed by atoms with van der Waals surface area (Å²) < 4.78 is 26.0. The van der Waals surface area contributed by atoms with Crippen molar-refractivity contribution in [3.8, 4) is 11.5 Å². The first-order valence-corrected chi connectivity index (χ1v) is 9.88. The number of fused-ring (bicyclic) bond motifs is 2. The second-order valence-corrected chi connectivity index (χ2v) is 7.75. The number of hydrogen-bond donors (Lipinski definition) is 0. The topological polar surface area (TPSA) is 42.0 Å². The zero-order valence-corrected chi connectivity index (χ0v) is 16.9. The number of carbonyl (C=O) groups is 1. The highest BCUT2D eigenvalue weighted by atomic mass is 35.5. The van der Waals surface area contributed by atoms with Crippen molar-refractivity contribution in [3.05, 3.63) is 59.4 Å². The Labute approximate surface area is 175 Å². The van der Waals surface area contributed by atoms with Crippen LogP contribution in [0.1, 0.15) is 28.8 Å². The lowest BCUT2D eigenvalue weighted by Crippen LogP contribution is -2.51. The van der Waals surface area contributed by atoms with Crippen molar-refractivity contribution < 1.29 is 18.7 Å². The van der Waals surface area contributed by atoms with Gasteiger partial charge in [0.15, 0.2) is 11.5 Å². The summed E-state index contributed by atoms with van der Waals surface area (Å²) in [6.07, 6.45) is 1.93. The van der Waals surface area contributed by atoms with E-state index in [0.717, 1.165) is 44.0 Å². The van der Waals surface area contributed by atoms with E-state index in [1.165, 1.54) is 6.07 Å². The van der Waals surface area contributed by atoms with E-state index in [1.807, 2.05) is 29.2 Å². The number of para-hydroxylation sites is 2. The Morgan fingerprint density at radius 3 is 2.76 bits per heavy atom. The second-order valence-electron chi connectivity index (χ2n) is 7.75. The summed E-state index contributed by atoms with van der Waals surface area (Å²) in [4.78, 5) is 17.0. The summed E-state index contributed by atoms with van der Waals surface area (Å²) in [5, 5.41) is 0. The summed E-state index contributed by atoms with van der Waals surface area (Å²) in [7, 11) is 0. The molecule has 2 aromatic rings. The maximum absolute atomic E-state index is 14.1. The predicted octanol–water partition coefficient (Wildman–Crippen LogP) is 3.51. The van der Waals surface area contributed by atoms with Crippen LogP contribution >= 0.6 is 12.4 Å². The van der Waals surface area contributed by atoms with E-state index >= 15 is 0 Å². The molecule has 0 aromatic heterocycles. The first-order valence-electron chi connectivity index (χ1n) is 9.88. The molecular weight excluding hydrogens is 395 g/mol. The number of nitrogens with zero attached hydrogens (tertiary/aromatic N) is 2. The number of piperidine rings is 1. The van der Waals surface area contributed by atoms with Crippen molar-refractivity contribution in [2.45, 2.75) is 31.5 Å². The number of likely N-dealkylation sites (tertiary alicyclic amines) is 1. The van der Waals surface area contributed by atoms with Crippen LogP contribution in [0, 0.1) is 5.82 Å². The highest BCUT2D eigenvalue weighted by Gasteiger charge is 2.37. The van der Waals surface area contributed by atoms with Gasteiger partial charge in [-0.3, -0.25) is 9.69 Å². The molecule has 29 heavy (non-hydrogen) atoms. The van der Waals surface area contributed by atoms with Gasteiger partial charge in [0.05, 0.1) is 6.54 Å². The quantitative estimate of drug-likeness (QED) is 0.765. The minimum absolute atomic E-state index is 0. The molecule has 0 radical (unpaired) electrons. The second kappa shape index (κ2) is 8.20. The standard InChI is InChI=1S/C22H23FN2O3.ClH/c23-19-7-3-6-17-18(19)13-25(22(17)26)15-5-4-10-24(11-15)12-16-14-27-20-8-1-2-9-21(20)28-16;/h1-3,6-9,15-16H,4-5,10-14H2;1H. The van der Waals surface area contributed by atoms with Gasteiger partial charge in [0, 0.05) is 30.3 Å². The number of benzene rings is 2. The highest BCUT2D eigenvalue weighted by Crippen LogP contribution is 2.32. The molecule has 1 fully saturated rings. The third kappa shape index (κ3) is 3.79. The van der Waals surface area contributed by atoms with E-state index in [1.54, 1.807) is 12.1 Å². The predicted molar refractivity (Wildman–Crippen MR) is 109 cm³/mol. The molecule has 0 bridgehead atoms. The number of rotatable bonds is 3. The van der Waals surface area contributed by atoms with Gasteiger partial charge in [-0.05, 0) is 43.7 Å². The Morgan fingerprint density at radius 2 is 1.93 bits per heavy atom. The number of amides is 1. The van der Waals surface area contributed by atoms with Crippen molar-refractivity contribution in [3.63, 3.8) is 0 Å². The van der Waals surface area contributed by atoms with Crippen molar-refractivity contribution >= 4 is 18.3 Å². The van der Waals surface area contributed by atoms with E-state index in [-0.39, 0.29) is 36.3 Å². The zero-order valence-electron chi connectivity index (χ0n) is 16.1. The van der Waals surface area contributed by atoms with Gasteiger partial charge in [0.25, 0.3) is 5.91 Å². The molecule has 3 aliphatic rings. The number of hydrogen-bond acceptors (Lipinski definition) is 4. The van der Waals surface area contributed by atoms with Crippen LogP contribution < -0.4 is 9.47 Å². The van der Waals surface area contributed by atoms with Crippen LogP contribution in [-0.2, 0) is 6.54 Å². The number of ether oxygens (including phenoxy) is 2. The number of halogens is 2. The molecule has 0 aliphatic carbocycles. The van der Waals surface area contributed by atoms with Gasteiger partial charge < -0.3 is 14.4 Å². The third-order valence-electron chi connectivity index (χ3n) is 5.89. The fourth-order valence-electron chi connectivity index (χ4n) is 4.50. The molecule has 1 saturated heterocycles. The molecule has 0 saturated carbocycles. The average Bonchev–Trinajstić information content (AvgIpc) is 3.06. The van der Waals surface area contributed by atoms with Crippen LogP contribution in [0.4, 0.5) is 4.39 Å². The SMILES string of the molecule is Cl.O=C1c2cccc(F)c2CN1C1CCCN(CC2COc3ccccc3O2)C1. The maximum atomic E-state index is 14.1. The first kappa shape index (κ1) is 20.0. The van der Waals surface area contributed by atoms with Crippen molar-refractivity contribution in [2.75, 3.05) is 26.2 Å². The van der Waals surface area contributed by atoms with Crippen molar-refractivity contribution in [1.29, 1.82) is 0 Å². The Kier molecular flexibility index (Phi) is 5.65. The largest absolute Gasteiger partial charge is 0.486 e. The minimum Gasteiger partial charge on any atom is -0.486 e. The van der Waals surface area contributed by atoms with E-state index < -0.39 is 0 Å². The summed E-state index contributed by atoms with van der Waals surface area (Å²) in [5.74, 6) is 1.24. The first-order chi connectivity index (χ1) is 13.7. The molecule has 5 nitrogen and oxygen atoms in total. The van der Waals surface area contributed by atoms with E-state index in [9.17, 15) is 9.18 Å². The molecule has 5 rings (SSSR count). The molecule has 3 heterocycles.